The largest absolute Gasteiger partial charge is 0.373 e. The van der Waals surface area contributed by atoms with Gasteiger partial charge >= 0.3 is 0 Å². The van der Waals surface area contributed by atoms with Gasteiger partial charge in [-0.1, -0.05) is 12.1 Å². The Morgan fingerprint density at radius 1 is 1.18 bits per heavy atom. The number of nitrogens with one attached hydrogen (secondary N) is 1. The third-order valence-electron chi connectivity index (χ3n) is 6.47. The molecule has 28 heavy (non-hydrogen) atoms. The minimum atomic E-state index is -0.430. The quantitative estimate of drug-likeness (QED) is 0.763. The summed E-state index contributed by atoms with van der Waals surface area (Å²) >= 11 is 0. The molecule has 5 unspecified atom stereocenters. The Labute approximate surface area is 161 Å². The van der Waals surface area contributed by atoms with Gasteiger partial charge in [0.2, 0.25) is 17.7 Å². The lowest BCUT2D eigenvalue weighted by atomic mass is 9.81. The molecule has 0 spiro atoms. The van der Waals surface area contributed by atoms with E-state index in [9.17, 15) is 18.8 Å². The third kappa shape index (κ3) is 2.66. The highest BCUT2D eigenvalue weighted by Gasteiger charge is 2.62. The maximum absolute atomic E-state index is 13.7. The third-order valence-corrected chi connectivity index (χ3v) is 6.47. The number of rotatable bonds is 3. The Kier molecular flexibility index (Phi) is 4.21. The van der Waals surface area contributed by atoms with E-state index in [-0.39, 0.29) is 48.3 Å². The molecule has 4 heterocycles. The normalized spacial score (nSPS) is 34.2. The number of benzene rings is 1. The fraction of sp³-hybridized carbons (Fsp3) is 0.550. The van der Waals surface area contributed by atoms with Gasteiger partial charge in [0, 0.05) is 19.6 Å². The van der Waals surface area contributed by atoms with Gasteiger partial charge in [-0.05, 0) is 30.5 Å². The highest BCUT2D eigenvalue weighted by Crippen LogP contribution is 2.48. The zero-order valence-electron chi connectivity index (χ0n) is 15.3. The van der Waals surface area contributed by atoms with Crippen LogP contribution in [0.4, 0.5) is 4.39 Å². The Morgan fingerprint density at radius 3 is 2.57 bits per heavy atom. The van der Waals surface area contributed by atoms with E-state index >= 15 is 0 Å². The summed E-state index contributed by atoms with van der Waals surface area (Å²) in [6.07, 6.45) is 1.22. The van der Waals surface area contributed by atoms with Gasteiger partial charge in [-0.3, -0.25) is 19.3 Å². The number of hydrogen-bond acceptors (Lipinski definition) is 5. The predicted molar refractivity (Wildman–Crippen MR) is 95.3 cm³/mol. The standard InChI is InChI=1S/C20H22FN3O4/c21-12-3-1-2-11(8-12)13-9-22-6-7-23(13)16(25)10-24-19(26)17-14-4-5-15(28-14)18(17)20(24)27/h1-3,8,13-15,17-18,22H,4-7,9-10H2. The van der Waals surface area contributed by atoms with Gasteiger partial charge < -0.3 is 15.0 Å². The summed E-state index contributed by atoms with van der Waals surface area (Å²) in [6.45, 7) is 1.30. The van der Waals surface area contributed by atoms with Crippen molar-refractivity contribution in [2.75, 3.05) is 26.2 Å². The van der Waals surface area contributed by atoms with Crippen LogP contribution >= 0.6 is 0 Å². The smallest absolute Gasteiger partial charge is 0.243 e. The Morgan fingerprint density at radius 2 is 1.89 bits per heavy atom. The molecule has 4 aliphatic heterocycles. The Balaban J connectivity index is 1.34. The van der Waals surface area contributed by atoms with Crippen LogP contribution in [0.3, 0.4) is 0 Å². The summed E-state index contributed by atoms with van der Waals surface area (Å²) in [5, 5.41) is 3.22. The first-order chi connectivity index (χ1) is 13.5. The summed E-state index contributed by atoms with van der Waals surface area (Å²) < 4.78 is 19.4. The molecule has 4 aliphatic rings. The molecule has 5 atom stereocenters. The molecule has 2 bridgehead atoms. The van der Waals surface area contributed by atoms with Crippen molar-refractivity contribution in [3.05, 3.63) is 35.6 Å². The molecular formula is C20H22FN3O4. The van der Waals surface area contributed by atoms with Gasteiger partial charge in [0.25, 0.3) is 0 Å². The average molecular weight is 387 g/mol. The Bertz CT molecular complexity index is 818. The molecule has 1 aromatic rings. The highest BCUT2D eigenvalue weighted by atomic mass is 19.1. The number of amides is 3. The van der Waals surface area contributed by atoms with Crippen molar-refractivity contribution in [1.29, 1.82) is 0 Å². The van der Waals surface area contributed by atoms with Crippen LogP contribution in [-0.4, -0.2) is 65.9 Å². The van der Waals surface area contributed by atoms with Crippen molar-refractivity contribution in [1.82, 2.24) is 15.1 Å². The molecular weight excluding hydrogens is 365 g/mol. The van der Waals surface area contributed by atoms with E-state index in [1.165, 1.54) is 12.1 Å². The van der Waals surface area contributed by atoms with Crippen LogP contribution in [0.5, 0.6) is 0 Å². The second-order valence-corrected chi connectivity index (χ2v) is 7.97. The van der Waals surface area contributed by atoms with Crippen LogP contribution in [0.15, 0.2) is 24.3 Å². The number of carbonyl (C=O) groups is 3. The first-order valence-corrected chi connectivity index (χ1v) is 9.81. The fourth-order valence-corrected chi connectivity index (χ4v) is 5.17. The number of ether oxygens (including phenoxy) is 1. The van der Waals surface area contributed by atoms with Gasteiger partial charge in [-0.15, -0.1) is 0 Å². The second-order valence-electron chi connectivity index (χ2n) is 7.97. The maximum atomic E-state index is 13.7. The first kappa shape index (κ1) is 17.8. The number of nitrogens with zero attached hydrogens (tertiary/aromatic N) is 2. The molecule has 1 N–H and O–H groups in total. The average Bonchev–Trinajstić information content (AvgIpc) is 3.38. The zero-order chi connectivity index (χ0) is 19.4. The summed E-state index contributed by atoms with van der Waals surface area (Å²) in [5.41, 5.74) is 0.697. The van der Waals surface area contributed by atoms with Crippen LogP contribution < -0.4 is 5.32 Å². The lowest BCUT2D eigenvalue weighted by molar-refractivity contribution is -0.149. The molecule has 148 valence electrons. The summed E-state index contributed by atoms with van der Waals surface area (Å²) in [6, 6.07) is 5.86. The zero-order valence-corrected chi connectivity index (χ0v) is 15.3. The first-order valence-electron chi connectivity index (χ1n) is 9.81. The van der Waals surface area contributed by atoms with E-state index in [0.717, 1.165) is 17.7 Å². The minimum absolute atomic E-state index is 0.189. The van der Waals surface area contributed by atoms with Crippen molar-refractivity contribution >= 4 is 17.7 Å². The molecule has 4 saturated heterocycles. The summed E-state index contributed by atoms with van der Waals surface area (Å²) in [7, 11) is 0. The van der Waals surface area contributed by atoms with E-state index in [1.54, 1.807) is 17.0 Å². The van der Waals surface area contributed by atoms with E-state index in [2.05, 4.69) is 5.32 Å². The van der Waals surface area contributed by atoms with Crippen molar-refractivity contribution in [2.45, 2.75) is 31.1 Å². The van der Waals surface area contributed by atoms with Gasteiger partial charge in [0.15, 0.2) is 0 Å². The number of piperazine rings is 1. The minimum Gasteiger partial charge on any atom is -0.373 e. The monoisotopic (exact) mass is 387 g/mol. The van der Waals surface area contributed by atoms with Crippen LogP contribution in [0.2, 0.25) is 0 Å². The number of imide groups is 1. The molecule has 0 saturated carbocycles. The van der Waals surface area contributed by atoms with Crippen LogP contribution in [0, 0.1) is 17.7 Å². The second kappa shape index (κ2) is 6.63. The lowest BCUT2D eigenvalue weighted by Gasteiger charge is -2.37. The number of fused-ring (bicyclic) bond motifs is 5. The number of halogens is 1. The van der Waals surface area contributed by atoms with Crippen LogP contribution in [-0.2, 0) is 19.1 Å². The van der Waals surface area contributed by atoms with Crippen molar-refractivity contribution in [3.8, 4) is 0 Å². The molecule has 0 aromatic heterocycles. The molecule has 0 radical (unpaired) electrons. The van der Waals surface area contributed by atoms with E-state index in [0.29, 0.717) is 25.2 Å². The summed E-state index contributed by atoms with van der Waals surface area (Å²) in [5.74, 6) is -2.07. The highest BCUT2D eigenvalue weighted by molar-refractivity contribution is 6.08. The molecule has 3 amide bonds. The number of carbonyl (C=O) groups excluding carboxylic acids is 3. The SMILES string of the molecule is O=C1C2C3CCC(O3)C2C(=O)N1CC(=O)N1CCNCC1c1cccc(F)c1. The molecule has 0 aliphatic carbocycles. The van der Waals surface area contributed by atoms with Crippen molar-refractivity contribution in [3.63, 3.8) is 0 Å². The fourth-order valence-electron chi connectivity index (χ4n) is 5.17. The molecule has 7 nitrogen and oxygen atoms in total. The molecule has 1 aromatic carbocycles. The predicted octanol–water partition coefficient (Wildman–Crippen LogP) is 0.461. The van der Waals surface area contributed by atoms with Gasteiger partial charge in [-0.25, -0.2) is 4.39 Å². The van der Waals surface area contributed by atoms with Gasteiger partial charge in [0.1, 0.15) is 12.4 Å². The van der Waals surface area contributed by atoms with Gasteiger partial charge in [0.05, 0.1) is 30.1 Å². The van der Waals surface area contributed by atoms with E-state index < -0.39 is 11.8 Å². The Hall–Kier alpha value is -2.32. The lowest BCUT2D eigenvalue weighted by Crippen LogP contribution is -2.52. The van der Waals surface area contributed by atoms with Gasteiger partial charge in [-0.2, -0.15) is 0 Å². The van der Waals surface area contributed by atoms with Crippen molar-refractivity contribution < 1.29 is 23.5 Å². The molecule has 4 fully saturated rings. The van der Waals surface area contributed by atoms with E-state index in [4.69, 9.17) is 4.74 Å². The molecule has 8 heteroatoms. The number of hydrogen-bond donors (Lipinski definition) is 1. The van der Waals surface area contributed by atoms with Crippen molar-refractivity contribution in [2.24, 2.45) is 11.8 Å². The maximum Gasteiger partial charge on any atom is 0.243 e. The topological polar surface area (TPSA) is 79.0 Å². The van der Waals surface area contributed by atoms with Crippen LogP contribution in [0.1, 0.15) is 24.4 Å². The van der Waals surface area contributed by atoms with Crippen LogP contribution in [0.25, 0.3) is 0 Å². The summed E-state index contributed by atoms with van der Waals surface area (Å²) in [4.78, 5) is 41.4. The van der Waals surface area contributed by atoms with E-state index in [1.807, 2.05) is 0 Å². The number of likely N-dealkylation sites (tertiary alicyclic amines) is 1. The molecule has 5 rings (SSSR count).